The van der Waals surface area contributed by atoms with Gasteiger partial charge < -0.3 is 4.90 Å². The quantitative estimate of drug-likeness (QED) is 0.852. The van der Waals surface area contributed by atoms with Crippen molar-refractivity contribution in [1.29, 1.82) is 5.26 Å². The lowest BCUT2D eigenvalue weighted by Crippen LogP contribution is -2.59. The van der Waals surface area contributed by atoms with Gasteiger partial charge in [-0.15, -0.1) is 0 Å². The van der Waals surface area contributed by atoms with E-state index in [-0.39, 0.29) is 5.54 Å². The molecule has 0 spiro atoms. The van der Waals surface area contributed by atoms with Gasteiger partial charge >= 0.3 is 0 Å². The van der Waals surface area contributed by atoms with Crippen molar-refractivity contribution in [3.05, 3.63) is 35.9 Å². The van der Waals surface area contributed by atoms with Gasteiger partial charge in [0.25, 0.3) is 0 Å². The van der Waals surface area contributed by atoms with Gasteiger partial charge in [0.2, 0.25) is 0 Å². The maximum atomic E-state index is 9.76. The molecule has 0 aliphatic carbocycles. The van der Waals surface area contributed by atoms with Crippen LogP contribution in [0.15, 0.2) is 30.3 Å². The van der Waals surface area contributed by atoms with E-state index < -0.39 is 0 Å². The topological polar surface area (TPSA) is 33.5 Å². The fourth-order valence-electron chi connectivity index (χ4n) is 3.66. The van der Waals surface area contributed by atoms with E-state index in [1.54, 1.807) is 0 Å². The van der Waals surface area contributed by atoms with Gasteiger partial charge in [-0.25, -0.2) is 0 Å². The molecule has 2 aliphatic heterocycles. The standard InChI is InChI=1S/C18H26N4/c1-20-9-7-18(16-19,8-10-20)22-13-11-21(12-14-22)15-17-5-3-2-4-6-17/h2-6H,7-15H2,1H3. The van der Waals surface area contributed by atoms with E-state index in [1.165, 1.54) is 5.56 Å². The average Bonchev–Trinajstić information content (AvgIpc) is 2.58. The van der Waals surface area contributed by atoms with E-state index in [1.807, 2.05) is 0 Å². The minimum Gasteiger partial charge on any atom is -0.306 e. The van der Waals surface area contributed by atoms with Gasteiger partial charge in [-0.2, -0.15) is 5.26 Å². The molecule has 4 nitrogen and oxygen atoms in total. The maximum absolute atomic E-state index is 9.76. The van der Waals surface area contributed by atoms with Crippen LogP contribution in [0.3, 0.4) is 0 Å². The highest BCUT2D eigenvalue weighted by molar-refractivity contribution is 5.15. The van der Waals surface area contributed by atoms with Crippen LogP contribution < -0.4 is 0 Å². The third kappa shape index (κ3) is 3.33. The zero-order chi connectivity index (χ0) is 15.4. The molecule has 1 aromatic carbocycles. The second kappa shape index (κ2) is 6.78. The normalized spacial score (nSPS) is 24.0. The fourth-order valence-corrected chi connectivity index (χ4v) is 3.66. The molecule has 1 aromatic rings. The summed E-state index contributed by atoms with van der Waals surface area (Å²) in [6.45, 7) is 7.27. The number of nitrogens with zero attached hydrogens (tertiary/aromatic N) is 4. The van der Waals surface area contributed by atoms with E-state index in [0.717, 1.165) is 58.7 Å². The van der Waals surface area contributed by atoms with Crippen LogP contribution in [0, 0.1) is 11.3 Å². The molecular weight excluding hydrogens is 272 g/mol. The second-order valence-electron chi connectivity index (χ2n) is 6.70. The van der Waals surface area contributed by atoms with Gasteiger partial charge in [-0.1, -0.05) is 30.3 Å². The van der Waals surface area contributed by atoms with Crippen LogP contribution in [-0.2, 0) is 6.54 Å². The molecule has 0 amide bonds. The van der Waals surface area contributed by atoms with Crippen molar-refractivity contribution >= 4 is 0 Å². The molecule has 0 atom stereocenters. The van der Waals surface area contributed by atoms with Crippen LogP contribution in [0.25, 0.3) is 0 Å². The number of hydrogen-bond donors (Lipinski definition) is 0. The third-order valence-corrected chi connectivity index (χ3v) is 5.25. The molecule has 0 radical (unpaired) electrons. The van der Waals surface area contributed by atoms with Gasteiger partial charge in [0.15, 0.2) is 0 Å². The van der Waals surface area contributed by atoms with Crippen molar-refractivity contribution in [3.8, 4) is 6.07 Å². The smallest absolute Gasteiger partial charge is 0.111 e. The summed E-state index contributed by atoms with van der Waals surface area (Å²) in [5.74, 6) is 0. The Labute approximate surface area is 133 Å². The van der Waals surface area contributed by atoms with E-state index in [0.29, 0.717) is 0 Å². The largest absolute Gasteiger partial charge is 0.306 e. The average molecular weight is 298 g/mol. The fraction of sp³-hybridized carbons (Fsp3) is 0.611. The minimum atomic E-state index is -0.217. The van der Waals surface area contributed by atoms with E-state index in [4.69, 9.17) is 0 Å². The molecule has 0 N–H and O–H groups in total. The Balaban J connectivity index is 1.56. The molecule has 3 rings (SSSR count). The van der Waals surface area contributed by atoms with Crippen molar-refractivity contribution in [3.63, 3.8) is 0 Å². The Morgan fingerprint density at radius 1 is 1.00 bits per heavy atom. The van der Waals surface area contributed by atoms with Crippen molar-refractivity contribution in [2.75, 3.05) is 46.3 Å². The van der Waals surface area contributed by atoms with Crippen LogP contribution >= 0.6 is 0 Å². The first kappa shape index (κ1) is 15.5. The van der Waals surface area contributed by atoms with Gasteiger partial charge in [0.05, 0.1) is 6.07 Å². The lowest BCUT2D eigenvalue weighted by atomic mass is 9.86. The maximum Gasteiger partial charge on any atom is 0.111 e. The number of rotatable bonds is 3. The summed E-state index contributed by atoms with van der Waals surface area (Å²) in [5.41, 5.74) is 1.16. The van der Waals surface area contributed by atoms with Gasteiger partial charge in [0.1, 0.15) is 5.54 Å². The third-order valence-electron chi connectivity index (χ3n) is 5.25. The first-order valence-electron chi connectivity index (χ1n) is 8.33. The van der Waals surface area contributed by atoms with Crippen molar-refractivity contribution in [1.82, 2.24) is 14.7 Å². The molecule has 0 unspecified atom stereocenters. The molecule has 22 heavy (non-hydrogen) atoms. The summed E-state index contributed by atoms with van der Waals surface area (Å²) >= 11 is 0. The predicted molar refractivity (Wildman–Crippen MR) is 88.4 cm³/mol. The summed E-state index contributed by atoms with van der Waals surface area (Å²) in [5, 5.41) is 9.76. The molecule has 2 aliphatic rings. The SMILES string of the molecule is CN1CCC(C#N)(N2CCN(Cc3ccccc3)CC2)CC1. The monoisotopic (exact) mass is 298 g/mol. The highest BCUT2D eigenvalue weighted by Gasteiger charge is 2.40. The molecule has 0 saturated carbocycles. The summed E-state index contributed by atoms with van der Waals surface area (Å²) < 4.78 is 0. The number of piperidine rings is 1. The van der Waals surface area contributed by atoms with E-state index in [2.05, 4.69) is 58.1 Å². The molecular formula is C18H26N4. The first-order chi connectivity index (χ1) is 10.7. The van der Waals surface area contributed by atoms with Crippen molar-refractivity contribution in [2.45, 2.75) is 24.9 Å². The van der Waals surface area contributed by atoms with E-state index in [9.17, 15) is 5.26 Å². The molecule has 4 heteroatoms. The second-order valence-corrected chi connectivity index (χ2v) is 6.70. The predicted octanol–water partition coefficient (Wildman–Crippen LogP) is 1.79. The molecule has 2 fully saturated rings. The van der Waals surface area contributed by atoms with Crippen molar-refractivity contribution < 1.29 is 0 Å². The first-order valence-corrected chi connectivity index (χ1v) is 8.33. The highest BCUT2D eigenvalue weighted by atomic mass is 15.3. The Hall–Kier alpha value is -1.41. The van der Waals surface area contributed by atoms with Crippen LogP contribution in [0.5, 0.6) is 0 Å². The Bertz CT molecular complexity index is 506. The molecule has 118 valence electrons. The molecule has 2 heterocycles. The van der Waals surface area contributed by atoms with Gasteiger partial charge in [-0.05, 0) is 25.5 Å². The Morgan fingerprint density at radius 2 is 1.64 bits per heavy atom. The summed E-state index contributed by atoms with van der Waals surface area (Å²) in [6.07, 6.45) is 1.97. The molecule has 0 bridgehead atoms. The molecule has 2 saturated heterocycles. The Kier molecular flexibility index (Phi) is 4.77. The van der Waals surface area contributed by atoms with Crippen LogP contribution in [0.1, 0.15) is 18.4 Å². The summed E-state index contributed by atoms with van der Waals surface area (Å²) in [6, 6.07) is 13.3. The summed E-state index contributed by atoms with van der Waals surface area (Å²) in [7, 11) is 2.15. The van der Waals surface area contributed by atoms with Crippen molar-refractivity contribution in [2.24, 2.45) is 0 Å². The highest BCUT2D eigenvalue weighted by Crippen LogP contribution is 2.29. The van der Waals surface area contributed by atoms with Crippen LogP contribution in [-0.4, -0.2) is 66.6 Å². The number of benzene rings is 1. The number of hydrogen-bond acceptors (Lipinski definition) is 4. The summed E-state index contributed by atoms with van der Waals surface area (Å²) in [4.78, 5) is 7.29. The number of likely N-dealkylation sites (tertiary alicyclic amines) is 1. The van der Waals surface area contributed by atoms with Crippen LogP contribution in [0.2, 0.25) is 0 Å². The zero-order valence-electron chi connectivity index (χ0n) is 13.5. The minimum absolute atomic E-state index is 0.217. The lowest BCUT2D eigenvalue weighted by Gasteiger charge is -2.47. The number of piperazine rings is 1. The van der Waals surface area contributed by atoms with Crippen LogP contribution in [0.4, 0.5) is 0 Å². The number of nitriles is 1. The van der Waals surface area contributed by atoms with Gasteiger partial charge in [-0.3, -0.25) is 9.80 Å². The molecule has 0 aromatic heterocycles. The lowest BCUT2D eigenvalue weighted by molar-refractivity contribution is 0.0246. The van der Waals surface area contributed by atoms with Gasteiger partial charge in [0, 0.05) is 45.8 Å². The van der Waals surface area contributed by atoms with E-state index >= 15 is 0 Å². The zero-order valence-corrected chi connectivity index (χ0v) is 13.5. The Morgan fingerprint density at radius 3 is 2.23 bits per heavy atom.